The summed E-state index contributed by atoms with van der Waals surface area (Å²) in [6.45, 7) is 0.165. The lowest BCUT2D eigenvalue weighted by molar-refractivity contribution is -0.385. The molecule has 0 spiro atoms. The second-order valence-electron chi connectivity index (χ2n) is 5.64. The second kappa shape index (κ2) is 8.32. The minimum atomic E-state index is -0.730. The number of nitro groups is 1. The number of halogens is 1. The zero-order valence-corrected chi connectivity index (χ0v) is 15.8. The summed E-state index contributed by atoms with van der Waals surface area (Å²) >= 11 is 6.53. The molecule has 0 aliphatic carbocycles. The molecule has 1 N–H and O–H groups in total. The van der Waals surface area contributed by atoms with Crippen molar-refractivity contribution in [1.29, 1.82) is 0 Å². The SMILES string of the molecule is O=C1S/C(=C\c2ccc(O)c([N+](=O)[O-])c2)C(=O)N1CCOc1ccc(Cl)cc1. The fourth-order valence-electron chi connectivity index (χ4n) is 2.41. The van der Waals surface area contributed by atoms with Crippen molar-refractivity contribution < 1.29 is 24.4 Å². The number of hydrogen-bond donors (Lipinski definition) is 1. The van der Waals surface area contributed by atoms with Gasteiger partial charge in [-0.3, -0.25) is 24.6 Å². The molecule has 0 bridgehead atoms. The molecule has 0 aromatic heterocycles. The van der Waals surface area contributed by atoms with E-state index in [1.165, 1.54) is 12.1 Å². The van der Waals surface area contributed by atoms with Crippen molar-refractivity contribution >= 4 is 46.3 Å². The van der Waals surface area contributed by atoms with Gasteiger partial charge in [-0.15, -0.1) is 0 Å². The number of carbonyl (C=O) groups excluding carboxylic acids is 2. The molecule has 2 aromatic rings. The quantitative estimate of drug-likeness (QED) is 0.426. The molecule has 8 nitrogen and oxygen atoms in total. The van der Waals surface area contributed by atoms with Gasteiger partial charge in [-0.1, -0.05) is 17.7 Å². The van der Waals surface area contributed by atoms with Crippen molar-refractivity contribution in [3.63, 3.8) is 0 Å². The molecule has 3 rings (SSSR count). The first kappa shape index (κ1) is 19.7. The number of rotatable bonds is 6. The lowest BCUT2D eigenvalue weighted by atomic mass is 10.1. The Balaban J connectivity index is 1.67. The van der Waals surface area contributed by atoms with E-state index >= 15 is 0 Å². The largest absolute Gasteiger partial charge is 0.502 e. The van der Waals surface area contributed by atoms with Crippen molar-refractivity contribution in [2.75, 3.05) is 13.2 Å². The lowest BCUT2D eigenvalue weighted by Gasteiger charge is -2.13. The summed E-state index contributed by atoms with van der Waals surface area (Å²) in [5.41, 5.74) is -0.156. The third kappa shape index (κ3) is 4.44. The summed E-state index contributed by atoms with van der Waals surface area (Å²) in [6, 6.07) is 10.4. The van der Waals surface area contributed by atoms with Crippen LogP contribution in [0.4, 0.5) is 10.5 Å². The van der Waals surface area contributed by atoms with E-state index in [2.05, 4.69) is 0 Å². The second-order valence-corrected chi connectivity index (χ2v) is 7.07. The molecule has 0 saturated carbocycles. The minimum absolute atomic E-state index is 0.0559. The van der Waals surface area contributed by atoms with Crippen LogP contribution in [0, 0.1) is 10.1 Å². The summed E-state index contributed by atoms with van der Waals surface area (Å²) in [4.78, 5) is 35.9. The average Bonchev–Trinajstić information content (AvgIpc) is 2.92. The number of carbonyl (C=O) groups is 2. The minimum Gasteiger partial charge on any atom is -0.502 e. The topological polar surface area (TPSA) is 110 Å². The van der Waals surface area contributed by atoms with Crippen LogP contribution in [0.1, 0.15) is 5.56 Å². The van der Waals surface area contributed by atoms with Crippen LogP contribution in [0.15, 0.2) is 47.4 Å². The standard InChI is InChI=1S/C18H13ClN2O6S/c19-12-2-4-13(5-3-12)27-8-7-20-17(23)16(28-18(20)24)10-11-1-6-15(22)14(9-11)21(25)26/h1-6,9-10,22H,7-8H2/b16-10-. The molecule has 1 aliphatic heterocycles. The number of ether oxygens (including phenoxy) is 1. The molecule has 2 amide bonds. The first-order valence-electron chi connectivity index (χ1n) is 7.96. The van der Waals surface area contributed by atoms with Crippen LogP contribution in [0.3, 0.4) is 0 Å². The van der Waals surface area contributed by atoms with Gasteiger partial charge in [-0.2, -0.15) is 0 Å². The summed E-state index contributed by atoms with van der Waals surface area (Å²) < 4.78 is 5.49. The van der Waals surface area contributed by atoms with Gasteiger partial charge >= 0.3 is 5.69 Å². The Kier molecular flexibility index (Phi) is 5.86. The zero-order chi connectivity index (χ0) is 20.3. The molecular weight excluding hydrogens is 408 g/mol. The molecule has 0 unspecified atom stereocenters. The van der Waals surface area contributed by atoms with Gasteiger partial charge in [0.1, 0.15) is 12.4 Å². The van der Waals surface area contributed by atoms with Gasteiger partial charge in [0, 0.05) is 11.1 Å². The van der Waals surface area contributed by atoms with E-state index in [4.69, 9.17) is 16.3 Å². The Bertz CT molecular complexity index is 977. The highest BCUT2D eigenvalue weighted by atomic mass is 35.5. The Hall–Kier alpha value is -3.04. The van der Waals surface area contributed by atoms with E-state index in [0.29, 0.717) is 16.3 Å². The van der Waals surface area contributed by atoms with Crippen LogP contribution < -0.4 is 4.74 Å². The van der Waals surface area contributed by atoms with E-state index in [-0.39, 0.29) is 18.1 Å². The number of nitrogens with zero attached hydrogens (tertiary/aromatic N) is 2. The molecule has 1 aliphatic rings. The number of amides is 2. The van der Waals surface area contributed by atoms with Crippen molar-refractivity contribution in [3.05, 3.63) is 68.1 Å². The van der Waals surface area contributed by atoms with Gasteiger partial charge in [-0.05, 0) is 53.7 Å². The Morgan fingerprint density at radius 2 is 1.93 bits per heavy atom. The monoisotopic (exact) mass is 420 g/mol. The van der Waals surface area contributed by atoms with E-state index in [1.807, 2.05) is 0 Å². The molecule has 10 heteroatoms. The number of imide groups is 1. The summed E-state index contributed by atoms with van der Waals surface area (Å²) in [7, 11) is 0. The smallest absolute Gasteiger partial charge is 0.311 e. The fraction of sp³-hybridized carbons (Fsp3) is 0.111. The Morgan fingerprint density at radius 1 is 1.21 bits per heavy atom. The van der Waals surface area contributed by atoms with Crippen LogP contribution in [0.2, 0.25) is 5.02 Å². The van der Waals surface area contributed by atoms with Gasteiger partial charge in [-0.25, -0.2) is 0 Å². The molecule has 144 valence electrons. The molecule has 1 saturated heterocycles. The Morgan fingerprint density at radius 3 is 2.61 bits per heavy atom. The van der Waals surface area contributed by atoms with E-state index < -0.39 is 27.5 Å². The highest BCUT2D eigenvalue weighted by molar-refractivity contribution is 8.18. The average molecular weight is 421 g/mol. The number of benzene rings is 2. The first-order valence-corrected chi connectivity index (χ1v) is 9.16. The van der Waals surface area contributed by atoms with Crippen molar-refractivity contribution in [3.8, 4) is 11.5 Å². The van der Waals surface area contributed by atoms with Gasteiger partial charge in [0.15, 0.2) is 5.75 Å². The Labute approximate surface area is 168 Å². The molecule has 28 heavy (non-hydrogen) atoms. The van der Waals surface area contributed by atoms with Crippen molar-refractivity contribution in [2.45, 2.75) is 0 Å². The summed E-state index contributed by atoms with van der Waals surface area (Å²) in [6.07, 6.45) is 1.37. The fourth-order valence-corrected chi connectivity index (χ4v) is 3.40. The zero-order valence-electron chi connectivity index (χ0n) is 14.2. The van der Waals surface area contributed by atoms with Crippen molar-refractivity contribution in [2.24, 2.45) is 0 Å². The predicted octanol–water partition coefficient (Wildman–Crippen LogP) is 4.07. The molecule has 0 radical (unpaired) electrons. The number of phenols is 1. The molecule has 1 fully saturated rings. The van der Waals surface area contributed by atoms with Crippen LogP contribution in [-0.4, -0.2) is 39.2 Å². The summed E-state index contributed by atoms with van der Waals surface area (Å²) in [5.74, 6) is -0.427. The third-order valence-corrected chi connectivity index (χ3v) is 4.92. The van der Waals surface area contributed by atoms with Crippen LogP contribution in [0.25, 0.3) is 6.08 Å². The van der Waals surface area contributed by atoms with E-state index in [9.17, 15) is 24.8 Å². The van der Waals surface area contributed by atoms with Crippen LogP contribution in [-0.2, 0) is 4.79 Å². The maximum Gasteiger partial charge on any atom is 0.311 e. The molecule has 2 aromatic carbocycles. The number of hydrogen-bond acceptors (Lipinski definition) is 7. The third-order valence-electron chi connectivity index (χ3n) is 3.76. The number of aromatic hydroxyl groups is 1. The number of phenolic OH excluding ortho intramolecular Hbond substituents is 1. The van der Waals surface area contributed by atoms with Gasteiger partial charge in [0.25, 0.3) is 11.1 Å². The van der Waals surface area contributed by atoms with Gasteiger partial charge in [0.2, 0.25) is 0 Å². The molecule has 0 atom stereocenters. The normalized spacial score (nSPS) is 15.3. The maximum absolute atomic E-state index is 12.5. The van der Waals surface area contributed by atoms with Gasteiger partial charge < -0.3 is 9.84 Å². The molecular formula is C18H13ClN2O6S. The lowest BCUT2D eigenvalue weighted by Crippen LogP contribution is -2.32. The molecule has 1 heterocycles. The number of nitro benzene ring substituents is 1. The summed E-state index contributed by atoms with van der Waals surface area (Å²) in [5, 5.41) is 20.5. The van der Waals surface area contributed by atoms with Crippen LogP contribution >= 0.6 is 23.4 Å². The van der Waals surface area contributed by atoms with E-state index in [0.717, 1.165) is 28.8 Å². The van der Waals surface area contributed by atoms with E-state index in [1.54, 1.807) is 24.3 Å². The number of thioether (sulfide) groups is 1. The van der Waals surface area contributed by atoms with Crippen molar-refractivity contribution in [1.82, 2.24) is 4.90 Å². The first-order chi connectivity index (χ1) is 13.3. The maximum atomic E-state index is 12.5. The van der Waals surface area contributed by atoms with Gasteiger partial charge in [0.05, 0.1) is 16.4 Å². The predicted molar refractivity (Wildman–Crippen MR) is 104 cm³/mol. The van der Waals surface area contributed by atoms with Crippen LogP contribution in [0.5, 0.6) is 11.5 Å². The highest BCUT2D eigenvalue weighted by Crippen LogP contribution is 2.34. The highest BCUT2D eigenvalue weighted by Gasteiger charge is 2.34.